The van der Waals surface area contributed by atoms with E-state index in [0.29, 0.717) is 5.69 Å². The summed E-state index contributed by atoms with van der Waals surface area (Å²) in [7, 11) is 0. The van der Waals surface area contributed by atoms with Crippen LogP contribution in [-0.2, 0) is 36.8 Å². The largest absolute Gasteiger partial charge is 0.454 e. The monoisotopic (exact) mass is 474 g/mol. The Morgan fingerprint density at radius 3 is 2.17 bits per heavy atom. The molecule has 2 aromatic carbocycles. The van der Waals surface area contributed by atoms with Gasteiger partial charge in [0.2, 0.25) is 11.8 Å². The summed E-state index contributed by atoms with van der Waals surface area (Å²) in [6.45, 7) is 1.56. The molecule has 3 aliphatic rings. The van der Waals surface area contributed by atoms with Crippen molar-refractivity contribution in [3.8, 4) is 0 Å². The van der Waals surface area contributed by atoms with Gasteiger partial charge in [-0.15, -0.1) is 0 Å². The number of aryl methyl sites for hydroxylation is 1. The van der Waals surface area contributed by atoms with Gasteiger partial charge in [-0.25, -0.2) is 4.79 Å². The molecule has 182 valence electrons. The average Bonchev–Trinajstić information content (AvgIpc) is 3.56. The van der Waals surface area contributed by atoms with E-state index in [1.807, 2.05) is 49.4 Å². The molecule has 5 rings (SSSR count). The van der Waals surface area contributed by atoms with Crippen LogP contribution in [-0.4, -0.2) is 41.2 Å². The summed E-state index contributed by atoms with van der Waals surface area (Å²) in [5, 5.41) is 2.71. The van der Waals surface area contributed by atoms with Crippen LogP contribution in [0, 0.1) is 23.7 Å². The van der Waals surface area contributed by atoms with Crippen molar-refractivity contribution in [3.05, 3.63) is 65.7 Å². The summed E-state index contributed by atoms with van der Waals surface area (Å²) < 4.78 is 5.36. The van der Waals surface area contributed by atoms with Crippen LogP contribution in [0.2, 0.25) is 0 Å². The van der Waals surface area contributed by atoms with Crippen molar-refractivity contribution in [1.82, 2.24) is 4.90 Å². The second-order valence-electron chi connectivity index (χ2n) is 9.84. The molecule has 0 aromatic heterocycles. The van der Waals surface area contributed by atoms with E-state index in [9.17, 15) is 19.2 Å². The normalized spacial score (nSPS) is 25.5. The predicted octanol–water partition coefficient (Wildman–Crippen LogP) is 3.37. The minimum atomic E-state index is -1.08. The molecular formula is C28H30N2O5. The minimum absolute atomic E-state index is 0.159. The lowest BCUT2D eigenvalue weighted by molar-refractivity contribution is -0.160. The summed E-state index contributed by atoms with van der Waals surface area (Å²) in [6, 6.07) is 15.6. The molecule has 0 unspecified atom stereocenters. The molecule has 0 spiro atoms. The molecule has 5 atom stereocenters. The first-order valence-corrected chi connectivity index (χ1v) is 12.4. The molecule has 0 radical (unpaired) electrons. The molecule has 2 aromatic rings. The van der Waals surface area contributed by atoms with E-state index in [1.54, 1.807) is 12.1 Å². The zero-order valence-corrected chi connectivity index (χ0v) is 19.8. The highest BCUT2D eigenvalue weighted by Gasteiger charge is 2.62. The number of likely N-dealkylation sites (tertiary alicyclic amines) is 1. The quantitative estimate of drug-likeness (QED) is 0.468. The molecule has 3 amide bonds. The number of esters is 1. The fourth-order valence-electron chi connectivity index (χ4n) is 6.11. The number of carbonyl (C=O) groups is 4. The van der Waals surface area contributed by atoms with Gasteiger partial charge in [-0.1, -0.05) is 49.4 Å². The van der Waals surface area contributed by atoms with Gasteiger partial charge >= 0.3 is 5.97 Å². The number of rotatable bonds is 8. The summed E-state index contributed by atoms with van der Waals surface area (Å²) in [5.41, 5.74) is 2.57. The SMILES string of the molecule is CCc1ccc(NC(=O)COC(=O)[C@H](Cc2ccccc2)N2C(=O)[C@H]3[C@H]4CC[C@@H](C4)[C@@H]3C2=O)cc1. The number of ether oxygens (including phenoxy) is 1. The first-order chi connectivity index (χ1) is 17.0. The number of carbonyl (C=O) groups excluding carboxylic acids is 4. The van der Waals surface area contributed by atoms with E-state index < -0.39 is 24.5 Å². The zero-order valence-electron chi connectivity index (χ0n) is 19.8. The number of amides is 3. The first kappa shape index (κ1) is 23.3. The second kappa shape index (κ2) is 9.64. The third kappa shape index (κ3) is 4.47. The van der Waals surface area contributed by atoms with Crippen LogP contribution in [0.1, 0.15) is 37.3 Å². The maximum absolute atomic E-state index is 13.4. The number of anilines is 1. The smallest absolute Gasteiger partial charge is 0.330 e. The fraction of sp³-hybridized carbons (Fsp3) is 0.429. The van der Waals surface area contributed by atoms with Crippen LogP contribution in [0.25, 0.3) is 0 Å². The Bertz CT molecular complexity index is 1100. The van der Waals surface area contributed by atoms with Gasteiger partial charge in [-0.2, -0.15) is 0 Å². The van der Waals surface area contributed by atoms with Gasteiger partial charge in [0.25, 0.3) is 5.91 Å². The van der Waals surface area contributed by atoms with Crippen molar-refractivity contribution in [2.75, 3.05) is 11.9 Å². The molecule has 1 saturated heterocycles. The van der Waals surface area contributed by atoms with Gasteiger partial charge in [0, 0.05) is 12.1 Å². The zero-order chi connectivity index (χ0) is 24.5. The van der Waals surface area contributed by atoms with Crippen LogP contribution in [0.15, 0.2) is 54.6 Å². The third-order valence-electron chi connectivity index (χ3n) is 7.81. The van der Waals surface area contributed by atoms with Crippen LogP contribution in [0.3, 0.4) is 0 Å². The maximum Gasteiger partial charge on any atom is 0.330 e. The molecule has 3 fully saturated rings. The van der Waals surface area contributed by atoms with E-state index in [0.717, 1.165) is 41.7 Å². The molecule has 1 aliphatic heterocycles. The van der Waals surface area contributed by atoms with Crippen molar-refractivity contribution in [2.45, 2.75) is 45.1 Å². The van der Waals surface area contributed by atoms with Gasteiger partial charge in [0.05, 0.1) is 11.8 Å². The minimum Gasteiger partial charge on any atom is -0.454 e. The van der Waals surface area contributed by atoms with Crippen molar-refractivity contribution < 1.29 is 23.9 Å². The van der Waals surface area contributed by atoms with Crippen molar-refractivity contribution >= 4 is 29.4 Å². The van der Waals surface area contributed by atoms with Crippen LogP contribution in [0.5, 0.6) is 0 Å². The van der Waals surface area contributed by atoms with Crippen LogP contribution < -0.4 is 5.32 Å². The van der Waals surface area contributed by atoms with Gasteiger partial charge in [0.1, 0.15) is 6.04 Å². The highest BCUT2D eigenvalue weighted by Crippen LogP contribution is 2.56. The number of benzene rings is 2. The van der Waals surface area contributed by atoms with Crippen molar-refractivity contribution in [2.24, 2.45) is 23.7 Å². The van der Waals surface area contributed by atoms with E-state index in [4.69, 9.17) is 4.74 Å². The van der Waals surface area contributed by atoms with Gasteiger partial charge < -0.3 is 10.1 Å². The molecule has 7 heteroatoms. The van der Waals surface area contributed by atoms with Crippen LogP contribution in [0.4, 0.5) is 5.69 Å². The topological polar surface area (TPSA) is 92.8 Å². The van der Waals surface area contributed by atoms with Crippen molar-refractivity contribution in [1.29, 1.82) is 0 Å². The van der Waals surface area contributed by atoms with Crippen LogP contribution >= 0.6 is 0 Å². The Hall–Kier alpha value is -3.48. The molecule has 2 aliphatic carbocycles. The number of nitrogens with zero attached hydrogens (tertiary/aromatic N) is 1. The molecular weight excluding hydrogens is 444 g/mol. The van der Waals surface area contributed by atoms with E-state index in [1.165, 1.54) is 0 Å². The Kier molecular flexibility index (Phi) is 6.41. The number of hydrogen-bond acceptors (Lipinski definition) is 5. The second-order valence-corrected chi connectivity index (χ2v) is 9.84. The number of hydrogen-bond donors (Lipinski definition) is 1. The lowest BCUT2D eigenvalue weighted by atomic mass is 9.81. The van der Waals surface area contributed by atoms with Gasteiger partial charge in [-0.3, -0.25) is 19.3 Å². The van der Waals surface area contributed by atoms with Gasteiger partial charge in [0.15, 0.2) is 6.61 Å². The molecule has 2 bridgehead atoms. The lowest BCUT2D eigenvalue weighted by Gasteiger charge is -2.26. The van der Waals surface area contributed by atoms with E-state index in [2.05, 4.69) is 5.32 Å². The summed E-state index contributed by atoms with van der Waals surface area (Å²) in [6.07, 6.45) is 3.91. The highest BCUT2D eigenvalue weighted by molar-refractivity contribution is 6.08. The molecule has 1 N–H and O–H groups in total. The summed E-state index contributed by atoms with van der Waals surface area (Å²) >= 11 is 0. The van der Waals surface area contributed by atoms with E-state index in [-0.39, 0.29) is 41.9 Å². The molecule has 35 heavy (non-hydrogen) atoms. The number of nitrogens with one attached hydrogen (secondary N) is 1. The number of imide groups is 1. The van der Waals surface area contributed by atoms with E-state index >= 15 is 0 Å². The standard InChI is InChI=1S/C28H30N2O5/c1-2-17-8-12-21(13-9-17)29-23(31)16-35-28(34)22(14-18-6-4-3-5-7-18)30-26(32)24-19-10-11-20(15-19)25(24)27(30)33/h3-9,12-13,19-20,22,24-25H,2,10-11,14-16H2,1H3,(H,29,31)/t19-,20-,22-,24-,25-/m0/s1. The Morgan fingerprint density at radius 1 is 0.943 bits per heavy atom. The summed E-state index contributed by atoms with van der Waals surface area (Å²) in [5.74, 6) is -1.91. The summed E-state index contributed by atoms with van der Waals surface area (Å²) in [4.78, 5) is 53.5. The molecule has 2 saturated carbocycles. The molecule has 7 nitrogen and oxygen atoms in total. The molecule has 1 heterocycles. The van der Waals surface area contributed by atoms with Gasteiger partial charge in [-0.05, 0) is 60.8 Å². The number of fused-ring (bicyclic) bond motifs is 5. The maximum atomic E-state index is 13.4. The fourth-order valence-corrected chi connectivity index (χ4v) is 6.11. The Labute approximate surface area is 204 Å². The Morgan fingerprint density at radius 2 is 1.57 bits per heavy atom. The lowest BCUT2D eigenvalue weighted by Crippen LogP contribution is -2.48. The highest BCUT2D eigenvalue weighted by atomic mass is 16.5. The first-order valence-electron chi connectivity index (χ1n) is 12.4. The third-order valence-corrected chi connectivity index (χ3v) is 7.81. The Balaban J connectivity index is 1.29. The average molecular weight is 475 g/mol. The predicted molar refractivity (Wildman–Crippen MR) is 129 cm³/mol. The van der Waals surface area contributed by atoms with Crippen molar-refractivity contribution in [3.63, 3.8) is 0 Å².